The maximum absolute atomic E-state index is 12.6. The molecule has 4 nitrogen and oxygen atoms in total. The van der Waals surface area contributed by atoms with Crippen LogP contribution in [0.1, 0.15) is 41.5 Å². The van der Waals surface area contributed by atoms with Gasteiger partial charge in [-0.3, -0.25) is 14.6 Å². The van der Waals surface area contributed by atoms with Crippen molar-refractivity contribution in [2.45, 2.75) is 64.8 Å². The SMILES string of the molecule is CC1CN(CC2C(=O)C(C)(C)OC2(C)C)CC(C)N1C. The Morgan fingerprint density at radius 1 is 1.15 bits per heavy atom. The molecular formula is C16H30N2O2. The second-order valence-electron chi connectivity index (χ2n) is 7.71. The molecular weight excluding hydrogens is 252 g/mol. The first-order chi connectivity index (χ1) is 9.04. The van der Waals surface area contributed by atoms with E-state index in [1.165, 1.54) is 0 Å². The lowest BCUT2D eigenvalue weighted by Gasteiger charge is -2.43. The van der Waals surface area contributed by atoms with Crippen LogP contribution in [-0.4, -0.2) is 65.6 Å². The molecule has 0 bridgehead atoms. The van der Waals surface area contributed by atoms with E-state index in [4.69, 9.17) is 4.74 Å². The normalized spacial score (nSPS) is 38.4. The van der Waals surface area contributed by atoms with Gasteiger partial charge in [-0.25, -0.2) is 0 Å². The predicted octanol–water partition coefficient (Wildman–Crippen LogP) is 1.78. The van der Waals surface area contributed by atoms with Gasteiger partial charge in [0, 0.05) is 31.7 Å². The summed E-state index contributed by atoms with van der Waals surface area (Å²) in [6.45, 7) is 15.3. The number of likely N-dealkylation sites (N-methyl/N-ethyl adjacent to an activating group) is 1. The van der Waals surface area contributed by atoms with Crippen LogP contribution in [0.15, 0.2) is 0 Å². The Morgan fingerprint density at radius 2 is 1.65 bits per heavy atom. The molecule has 0 aromatic carbocycles. The highest BCUT2D eigenvalue weighted by Gasteiger charge is 2.53. The van der Waals surface area contributed by atoms with Gasteiger partial charge in [0.1, 0.15) is 5.60 Å². The van der Waals surface area contributed by atoms with Gasteiger partial charge in [-0.15, -0.1) is 0 Å². The maximum atomic E-state index is 12.6. The van der Waals surface area contributed by atoms with E-state index >= 15 is 0 Å². The molecule has 0 aromatic rings. The summed E-state index contributed by atoms with van der Waals surface area (Å²) in [7, 11) is 2.18. The number of carbonyl (C=O) groups excluding carboxylic acids is 1. The lowest BCUT2D eigenvalue weighted by atomic mass is 9.85. The highest BCUT2D eigenvalue weighted by Crippen LogP contribution is 2.39. The Labute approximate surface area is 123 Å². The van der Waals surface area contributed by atoms with E-state index in [0.717, 1.165) is 19.6 Å². The number of piperazine rings is 1. The molecule has 0 N–H and O–H groups in total. The number of hydrogen-bond acceptors (Lipinski definition) is 4. The number of hydrogen-bond donors (Lipinski definition) is 0. The zero-order valence-corrected chi connectivity index (χ0v) is 14.1. The van der Waals surface area contributed by atoms with Crippen LogP contribution in [0.3, 0.4) is 0 Å². The number of ketones is 1. The van der Waals surface area contributed by atoms with Gasteiger partial charge in [-0.2, -0.15) is 0 Å². The van der Waals surface area contributed by atoms with Crippen LogP contribution in [0.25, 0.3) is 0 Å². The Balaban J connectivity index is 2.08. The fourth-order valence-corrected chi connectivity index (χ4v) is 3.74. The Hall–Kier alpha value is -0.450. The van der Waals surface area contributed by atoms with E-state index in [0.29, 0.717) is 12.1 Å². The van der Waals surface area contributed by atoms with Gasteiger partial charge in [0.2, 0.25) is 0 Å². The van der Waals surface area contributed by atoms with E-state index in [2.05, 4.69) is 30.7 Å². The second-order valence-corrected chi connectivity index (χ2v) is 7.71. The topological polar surface area (TPSA) is 32.8 Å². The largest absolute Gasteiger partial charge is 0.361 e. The first-order valence-electron chi connectivity index (χ1n) is 7.73. The Morgan fingerprint density at radius 3 is 2.05 bits per heavy atom. The summed E-state index contributed by atoms with van der Waals surface area (Å²) >= 11 is 0. The molecule has 2 heterocycles. The third-order valence-corrected chi connectivity index (χ3v) is 5.14. The van der Waals surface area contributed by atoms with Crippen molar-refractivity contribution in [3.05, 3.63) is 0 Å². The van der Waals surface area contributed by atoms with Crippen LogP contribution in [0.5, 0.6) is 0 Å². The summed E-state index contributed by atoms with van der Waals surface area (Å²) in [6, 6.07) is 1.07. The van der Waals surface area contributed by atoms with Crippen molar-refractivity contribution < 1.29 is 9.53 Å². The monoisotopic (exact) mass is 282 g/mol. The summed E-state index contributed by atoms with van der Waals surface area (Å²) in [5, 5.41) is 0. The summed E-state index contributed by atoms with van der Waals surface area (Å²) in [6.07, 6.45) is 0. The lowest BCUT2D eigenvalue weighted by Crippen LogP contribution is -2.57. The van der Waals surface area contributed by atoms with Crippen LogP contribution in [0.2, 0.25) is 0 Å². The number of Topliss-reactive ketones (excluding diaryl/α,β-unsaturated/α-hetero) is 1. The van der Waals surface area contributed by atoms with E-state index in [1.54, 1.807) is 0 Å². The zero-order valence-electron chi connectivity index (χ0n) is 14.1. The number of nitrogens with zero attached hydrogens (tertiary/aromatic N) is 2. The Kier molecular flexibility index (Phi) is 4.04. The van der Waals surface area contributed by atoms with Crippen LogP contribution in [0.4, 0.5) is 0 Å². The predicted molar refractivity (Wildman–Crippen MR) is 80.9 cm³/mol. The Bertz CT molecular complexity index is 380. The third-order valence-electron chi connectivity index (χ3n) is 5.14. The summed E-state index contributed by atoms with van der Waals surface area (Å²) < 4.78 is 5.99. The highest BCUT2D eigenvalue weighted by atomic mass is 16.5. The molecule has 4 heteroatoms. The standard InChI is InChI=1S/C16H30N2O2/c1-11-8-18(9-12(2)17(11)7)10-13-14(19)16(5,6)20-15(13,3)4/h11-13H,8-10H2,1-7H3. The van der Waals surface area contributed by atoms with Gasteiger partial charge in [0.05, 0.1) is 11.5 Å². The molecule has 0 aliphatic carbocycles. The molecule has 0 spiro atoms. The van der Waals surface area contributed by atoms with Crippen molar-refractivity contribution in [1.29, 1.82) is 0 Å². The molecule has 0 radical (unpaired) electrons. The van der Waals surface area contributed by atoms with E-state index in [-0.39, 0.29) is 17.3 Å². The first-order valence-corrected chi connectivity index (χ1v) is 7.73. The average Bonchev–Trinajstić information content (AvgIpc) is 2.44. The molecule has 0 saturated carbocycles. The van der Waals surface area contributed by atoms with Crippen molar-refractivity contribution in [3.63, 3.8) is 0 Å². The summed E-state index contributed by atoms with van der Waals surface area (Å²) in [5.74, 6) is 0.224. The van der Waals surface area contributed by atoms with E-state index in [1.807, 2.05) is 27.7 Å². The molecule has 0 amide bonds. The summed E-state index contributed by atoms with van der Waals surface area (Å²) in [4.78, 5) is 17.4. The van der Waals surface area contributed by atoms with E-state index in [9.17, 15) is 4.79 Å². The number of carbonyl (C=O) groups is 1. The first kappa shape index (κ1) is 15.9. The highest BCUT2D eigenvalue weighted by molar-refractivity contribution is 5.91. The minimum atomic E-state index is -0.641. The van der Waals surface area contributed by atoms with Crippen LogP contribution < -0.4 is 0 Å². The molecule has 0 aromatic heterocycles. The molecule has 2 rings (SSSR count). The van der Waals surface area contributed by atoms with Crippen molar-refractivity contribution in [2.24, 2.45) is 5.92 Å². The van der Waals surface area contributed by atoms with Gasteiger partial charge < -0.3 is 4.74 Å². The van der Waals surface area contributed by atoms with Gasteiger partial charge in [-0.05, 0) is 48.6 Å². The molecule has 20 heavy (non-hydrogen) atoms. The smallest absolute Gasteiger partial charge is 0.171 e. The minimum absolute atomic E-state index is 0.0275. The fourth-order valence-electron chi connectivity index (χ4n) is 3.74. The fraction of sp³-hybridized carbons (Fsp3) is 0.938. The van der Waals surface area contributed by atoms with Crippen molar-refractivity contribution >= 4 is 5.78 Å². The van der Waals surface area contributed by atoms with Crippen molar-refractivity contribution in [2.75, 3.05) is 26.7 Å². The number of rotatable bonds is 2. The maximum Gasteiger partial charge on any atom is 0.171 e. The average molecular weight is 282 g/mol. The quantitative estimate of drug-likeness (QED) is 0.773. The van der Waals surface area contributed by atoms with Gasteiger partial charge in [0.25, 0.3) is 0 Å². The molecule has 2 saturated heterocycles. The molecule has 2 aliphatic heterocycles. The summed E-state index contributed by atoms with van der Waals surface area (Å²) in [5.41, 5.74) is -1.01. The van der Waals surface area contributed by atoms with Gasteiger partial charge in [0.15, 0.2) is 5.78 Å². The van der Waals surface area contributed by atoms with Crippen LogP contribution in [0, 0.1) is 5.92 Å². The van der Waals surface area contributed by atoms with E-state index < -0.39 is 5.60 Å². The van der Waals surface area contributed by atoms with Crippen molar-refractivity contribution in [3.8, 4) is 0 Å². The molecule has 3 atom stereocenters. The molecule has 116 valence electrons. The molecule has 2 fully saturated rings. The minimum Gasteiger partial charge on any atom is -0.361 e. The molecule has 2 aliphatic rings. The number of ether oxygens (including phenoxy) is 1. The third kappa shape index (κ3) is 2.78. The van der Waals surface area contributed by atoms with Crippen LogP contribution >= 0.6 is 0 Å². The van der Waals surface area contributed by atoms with Gasteiger partial charge >= 0.3 is 0 Å². The zero-order chi connectivity index (χ0) is 15.3. The van der Waals surface area contributed by atoms with Gasteiger partial charge in [-0.1, -0.05) is 0 Å². The molecule has 3 unspecified atom stereocenters. The second kappa shape index (κ2) is 5.08. The lowest BCUT2D eigenvalue weighted by molar-refractivity contribution is -0.132. The van der Waals surface area contributed by atoms with Crippen LogP contribution in [-0.2, 0) is 9.53 Å². The van der Waals surface area contributed by atoms with Crippen molar-refractivity contribution in [1.82, 2.24) is 9.80 Å².